The number of halogens is 1. The third-order valence-corrected chi connectivity index (χ3v) is 4.04. The topological polar surface area (TPSA) is 108 Å². The van der Waals surface area contributed by atoms with Crippen molar-refractivity contribution in [2.24, 2.45) is 5.73 Å². The predicted octanol–water partition coefficient (Wildman–Crippen LogP) is 1.82. The summed E-state index contributed by atoms with van der Waals surface area (Å²) < 4.78 is 15.4. The van der Waals surface area contributed by atoms with E-state index < -0.39 is 6.04 Å². The van der Waals surface area contributed by atoms with Crippen LogP contribution >= 0.6 is 12.4 Å². The molecule has 0 aliphatic heterocycles. The number of nitrogens with zero attached hydrogens (tertiary/aromatic N) is 3. The molecule has 140 valence electrons. The first-order valence-electron chi connectivity index (χ1n) is 7.72. The summed E-state index contributed by atoms with van der Waals surface area (Å²) in [6.45, 7) is 8.19. The third-order valence-electron chi connectivity index (χ3n) is 4.04. The van der Waals surface area contributed by atoms with Crippen LogP contribution in [0.1, 0.15) is 34.0 Å². The number of aromatic nitrogens is 2. The summed E-state index contributed by atoms with van der Waals surface area (Å²) in [6, 6.07) is -0.740. The number of hydrogen-bond acceptors (Lipinski definition) is 7. The number of nitrogens with two attached hydrogens (primary N) is 1. The Bertz CT molecular complexity index is 626. The van der Waals surface area contributed by atoms with Gasteiger partial charge in [-0.1, -0.05) is 10.3 Å². The number of carbonyl (C=O) groups is 1. The van der Waals surface area contributed by atoms with Crippen molar-refractivity contribution in [1.82, 2.24) is 15.2 Å². The number of carbonyl (C=O) groups excluding carboxylic acids is 1. The molecule has 2 aromatic heterocycles. The van der Waals surface area contributed by atoms with Crippen molar-refractivity contribution < 1.29 is 18.6 Å². The van der Waals surface area contributed by atoms with Crippen LogP contribution in [-0.2, 0) is 22.6 Å². The van der Waals surface area contributed by atoms with Crippen LogP contribution in [0.2, 0.25) is 0 Å². The van der Waals surface area contributed by atoms with E-state index in [4.69, 9.17) is 19.5 Å². The van der Waals surface area contributed by atoms with Crippen LogP contribution in [0.4, 0.5) is 0 Å². The smallest absolute Gasteiger partial charge is 0.242 e. The van der Waals surface area contributed by atoms with Gasteiger partial charge in [0.1, 0.15) is 17.6 Å². The summed E-state index contributed by atoms with van der Waals surface area (Å²) in [5.41, 5.74) is 9.20. The average molecular weight is 373 g/mol. The van der Waals surface area contributed by atoms with E-state index >= 15 is 0 Å². The maximum atomic E-state index is 12.7. The van der Waals surface area contributed by atoms with Gasteiger partial charge in [0, 0.05) is 18.2 Å². The third kappa shape index (κ3) is 4.81. The molecule has 0 saturated carbocycles. The minimum atomic E-state index is -0.740. The van der Waals surface area contributed by atoms with Crippen molar-refractivity contribution in [2.45, 2.75) is 46.8 Å². The second kappa shape index (κ2) is 8.98. The van der Waals surface area contributed by atoms with Gasteiger partial charge in [0.15, 0.2) is 0 Å². The van der Waals surface area contributed by atoms with Crippen LogP contribution in [0, 0.1) is 27.7 Å². The van der Waals surface area contributed by atoms with Gasteiger partial charge in [0.05, 0.1) is 31.1 Å². The zero-order chi connectivity index (χ0) is 17.9. The molecule has 0 fully saturated rings. The molecule has 0 aromatic carbocycles. The van der Waals surface area contributed by atoms with Crippen molar-refractivity contribution in [2.75, 3.05) is 13.7 Å². The fraction of sp³-hybridized carbons (Fsp3) is 0.562. The van der Waals surface area contributed by atoms with Gasteiger partial charge in [-0.15, -0.1) is 12.4 Å². The standard InChI is InChI=1S/C16H24N4O4.ClH/c1-9-13(11(3)23-18-9)6-20(16(21)15(17)8-22-5)7-14-10(2)19-24-12(14)4;/h15H,6-8,17H2,1-5H3;1H. The quantitative estimate of drug-likeness (QED) is 0.789. The van der Waals surface area contributed by atoms with Gasteiger partial charge in [-0.3, -0.25) is 4.79 Å². The molecule has 2 rings (SSSR count). The Morgan fingerprint density at radius 2 is 1.52 bits per heavy atom. The van der Waals surface area contributed by atoms with E-state index in [0.29, 0.717) is 24.6 Å². The van der Waals surface area contributed by atoms with Gasteiger partial charge in [-0.25, -0.2) is 0 Å². The molecule has 8 nitrogen and oxygen atoms in total. The molecular formula is C16H25ClN4O4. The zero-order valence-electron chi connectivity index (χ0n) is 15.2. The molecule has 0 spiro atoms. The molecule has 0 radical (unpaired) electrons. The summed E-state index contributed by atoms with van der Waals surface area (Å²) >= 11 is 0. The largest absolute Gasteiger partial charge is 0.383 e. The second-order valence-corrected chi connectivity index (χ2v) is 5.86. The van der Waals surface area contributed by atoms with Gasteiger partial charge in [-0.05, 0) is 27.7 Å². The molecule has 1 atom stereocenters. The van der Waals surface area contributed by atoms with Crippen LogP contribution in [0.15, 0.2) is 9.05 Å². The number of hydrogen-bond donors (Lipinski definition) is 1. The minimum Gasteiger partial charge on any atom is -0.383 e. The van der Waals surface area contributed by atoms with Gasteiger partial charge < -0.3 is 24.4 Å². The molecule has 1 unspecified atom stereocenters. The number of methoxy groups -OCH3 is 1. The molecule has 1 amide bonds. The molecule has 25 heavy (non-hydrogen) atoms. The zero-order valence-corrected chi connectivity index (χ0v) is 16.0. The number of ether oxygens (including phenoxy) is 1. The highest BCUT2D eigenvalue weighted by Gasteiger charge is 2.25. The summed E-state index contributed by atoms with van der Waals surface area (Å²) in [5, 5.41) is 7.88. The monoisotopic (exact) mass is 372 g/mol. The van der Waals surface area contributed by atoms with Gasteiger partial charge in [0.25, 0.3) is 0 Å². The van der Waals surface area contributed by atoms with E-state index in [2.05, 4.69) is 10.3 Å². The number of rotatable bonds is 7. The van der Waals surface area contributed by atoms with E-state index in [-0.39, 0.29) is 24.9 Å². The Kier molecular flexibility index (Phi) is 7.60. The Morgan fingerprint density at radius 1 is 1.08 bits per heavy atom. The first kappa shape index (κ1) is 21.1. The SMILES string of the molecule is COCC(N)C(=O)N(Cc1c(C)noc1C)Cc1c(C)noc1C.Cl. The lowest BCUT2D eigenvalue weighted by molar-refractivity contribution is -0.135. The summed E-state index contributed by atoms with van der Waals surface area (Å²) in [4.78, 5) is 14.4. The molecule has 2 N–H and O–H groups in total. The van der Waals surface area contributed by atoms with Gasteiger partial charge in [0.2, 0.25) is 5.91 Å². The summed E-state index contributed by atoms with van der Waals surface area (Å²) in [5.74, 6) is 1.16. The van der Waals surface area contributed by atoms with E-state index in [0.717, 1.165) is 22.5 Å². The number of aryl methyl sites for hydroxylation is 4. The summed E-state index contributed by atoms with van der Waals surface area (Å²) in [6.07, 6.45) is 0. The van der Waals surface area contributed by atoms with Crippen LogP contribution in [0.5, 0.6) is 0 Å². The van der Waals surface area contributed by atoms with Crippen molar-refractivity contribution in [3.05, 3.63) is 34.0 Å². The first-order valence-corrected chi connectivity index (χ1v) is 7.72. The molecule has 0 aliphatic rings. The van der Waals surface area contributed by atoms with Crippen LogP contribution in [0.25, 0.3) is 0 Å². The molecule has 2 aromatic rings. The van der Waals surface area contributed by atoms with Crippen molar-refractivity contribution in [3.8, 4) is 0 Å². The molecule has 0 aliphatic carbocycles. The van der Waals surface area contributed by atoms with Crippen molar-refractivity contribution >= 4 is 18.3 Å². The van der Waals surface area contributed by atoms with E-state index in [9.17, 15) is 4.79 Å². The second-order valence-electron chi connectivity index (χ2n) is 5.86. The Labute approximate surface area is 153 Å². The van der Waals surface area contributed by atoms with Crippen molar-refractivity contribution in [3.63, 3.8) is 0 Å². The normalized spacial score (nSPS) is 11.9. The highest BCUT2D eigenvalue weighted by Crippen LogP contribution is 2.20. The Balaban J connectivity index is 0.00000312. The Morgan fingerprint density at radius 3 is 1.84 bits per heavy atom. The summed E-state index contributed by atoms with van der Waals surface area (Å²) in [7, 11) is 1.51. The van der Waals surface area contributed by atoms with E-state index in [1.165, 1.54) is 7.11 Å². The first-order chi connectivity index (χ1) is 11.3. The van der Waals surface area contributed by atoms with Crippen LogP contribution in [0.3, 0.4) is 0 Å². The average Bonchev–Trinajstić information content (AvgIpc) is 3.03. The molecular weight excluding hydrogens is 348 g/mol. The lowest BCUT2D eigenvalue weighted by Crippen LogP contribution is -2.45. The maximum absolute atomic E-state index is 12.7. The highest BCUT2D eigenvalue weighted by molar-refractivity contribution is 5.85. The minimum absolute atomic E-state index is 0. The maximum Gasteiger partial charge on any atom is 0.242 e. The molecule has 0 bridgehead atoms. The van der Waals surface area contributed by atoms with Crippen LogP contribution < -0.4 is 5.73 Å². The number of amides is 1. The molecule has 0 saturated heterocycles. The Hall–Kier alpha value is -1.90. The van der Waals surface area contributed by atoms with Gasteiger partial charge in [-0.2, -0.15) is 0 Å². The van der Waals surface area contributed by atoms with Gasteiger partial charge >= 0.3 is 0 Å². The van der Waals surface area contributed by atoms with Crippen molar-refractivity contribution in [1.29, 1.82) is 0 Å². The molecule has 9 heteroatoms. The molecule has 2 heterocycles. The predicted molar refractivity (Wildman–Crippen MR) is 93.3 cm³/mol. The fourth-order valence-electron chi connectivity index (χ4n) is 2.53. The lowest BCUT2D eigenvalue weighted by atomic mass is 10.1. The van der Waals surface area contributed by atoms with E-state index in [1.54, 1.807) is 4.90 Å². The van der Waals surface area contributed by atoms with E-state index in [1.807, 2.05) is 27.7 Å². The van der Waals surface area contributed by atoms with Crippen LogP contribution in [-0.4, -0.2) is 40.9 Å². The lowest BCUT2D eigenvalue weighted by Gasteiger charge is -2.25. The highest BCUT2D eigenvalue weighted by atomic mass is 35.5. The fourth-order valence-corrected chi connectivity index (χ4v) is 2.53.